The minimum absolute atomic E-state index is 0.260. The van der Waals surface area contributed by atoms with Crippen LogP contribution in [0.5, 0.6) is 0 Å². The number of hydrogen-bond acceptors (Lipinski definition) is 2. The molecule has 1 fully saturated rings. The number of nitrogens with one attached hydrogen (secondary N) is 1. The van der Waals surface area contributed by atoms with E-state index in [-0.39, 0.29) is 5.54 Å². The Kier molecular flexibility index (Phi) is 3.21. The van der Waals surface area contributed by atoms with Gasteiger partial charge in [0.05, 0.1) is 6.07 Å². The van der Waals surface area contributed by atoms with Crippen LogP contribution in [0.15, 0.2) is 0 Å². The molecule has 1 N–H and O–H groups in total. The van der Waals surface area contributed by atoms with E-state index in [1.807, 2.05) is 0 Å². The van der Waals surface area contributed by atoms with Gasteiger partial charge < -0.3 is 0 Å². The molecule has 2 atom stereocenters. The normalized spacial score (nSPS) is 36.4. The lowest BCUT2D eigenvalue weighted by Crippen LogP contribution is -2.53. The maximum absolute atomic E-state index is 9.30. The van der Waals surface area contributed by atoms with Crippen molar-refractivity contribution in [1.82, 2.24) is 5.32 Å². The zero-order chi connectivity index (χ0) is 10.8. The SMILES string of the molecule is CCNC1(C#N)CCC(C)(C)CC1C. The van der Waals surface area contributed by atoms with Crippen molar-refractivity contribution in [3.8, 4) is 6.07 Å². The number of hydrogen-bond donors (Lipinski definition) is 1. The molecule has 0 radical (unpaired) electrons. The summed E-state index contributed by atoms with van der Waals surface area (Å²) >= 11 is 0. The molecule has 0 bridgehead atoms. The van der Waals surface area contributed by atoms with Crippen molar-refractivity contribution in [2.24, 2.45) is 11.3 Å². The molecule has 0 saturated heterocycles. The van der Waals surface area contributed by atoms with Crippen molar-refractivity contribution in [2.75, 3.05) is 6.54 Å². The lowest BCUT2D eigenvalue weighted by Gasteiger charge is -2.44. The highest BCUT2D eigenvalue weighted by Gasteiger charge is 2.43. The van der Waals surface area contributed by atoms with Crippen molar-refractivity contribution < 1.29 is 0 Å². The van der Waals surface area contributed by atoms with Gasteiger partial charge in [0.2, 0.25) is 0 Å². The molecule has 2 nitrogen and oxygen atoms in total. The predicted molar refractivity (Wildman–Crippen MR) is 58.8 cm³/mol. The fraction of sp³-hybridized carbons (Fsp3) is 0.917. The Hall–Kier alpha value is -0.550. The predicted octanol–water partition coefficient (Wildman–Crippen LogP) is 2.70. The number of rotatable bonds is 2. The van der Waals surface area contributed by atoms with Gasteiger partial charge in [-0.3, -0.25) is 5.32 Å². The van der Waals surface area contributed by atoms with E-state index in [4.69, 9.17) is 0 Å². The molecule has 2 heteroatoms. The van der Waals surface area contributed by atoms with E-state index in [1.54, 1.807) is 0 Å². The van der Waals surface area contributed by atoms with Crippen molar-refractivity contribution in [3.63, 3.8) is 0 Å². The lowest BCUT2D eigenvalue weighted by atomic mass is 9.64. The van der Waals surface area contributed by atoms with Crippen LogP contribution in [0.1, 0.15) is 47.0 Å². The van der Waals surface area contributed by atoms with Crippen molar-refractivity contribution >= 4 is 0 Å². The summed E-state index contributed by atoms with van der Waals surface area (Å²) in [7, 11) is 0. The molecule has 0 aliphatic heterocycles. The molecular weight excluding hydrogens is 172 g/mol. The number of nitriles is 1. The average molecular weight is 194 g/mol. The molecule has 14 heavy (non-hydrogen) atoms. The third kappa shape index (κ3) is 2.09. The number of nitrogens with zero attached hydrogens (tertiary/aromatic N) is 1. The largest absolute Gasteiger partial charge is 0.299 e. The van der Waals surface area contributed by atoms with E-state index >= 15 is 0 Å². The summed E-state index contributed by atoms with van der Waals surface area (Å²) in [5.41, 5.74) is 0.152. The summed E-state index contributed by atoms with van der Waals surface area (Å²) in [5, 5.41) is 12.7. The zero-order valence-electron chi connectivity index (χ0n) is 9.85. The van der Waals surface area contributed by atoms with Gasteiger partial charge in [0.1, 0.15) is 5.54 Å². The first-order chi connectivity index (χ1) is 6.46. The molecular formula is C12H22N2. The van der Waals surface area contributed by atoms with Gasteiger partial charge in [0.15, 0.2) is 0 Å². The van der Waals surface area contributed by atoms with Crippen LogP contribution in [0.25, 0.3) is 0 Å². The Morgan fingerprint density at radius 2 is 2.07 bits per heavy atom. The van der Waals surface area contributed by atoms with Gasteiger partial charge in [-0.1, -0.05) is 27.7 Å². The van der Waals surface area contributed by atoms with Crippen molar-refractivity contribution in [2.45, 2.75) is 52.5 Å². The van der Waals surface area contributed by atoms with E-state index in [0.29, 0.717) is 11.3 Å². The van der Waals surface area contributed by atoms with Gasteiger partial charge in [-0.05, 0) is 37.1 Å². The van der Waals surface area contributed by atoms with E-state index < -0.39 is 0 Å². The van der Waals surface area contributed by atoms with Crippen LogP contribution >= 0.6 is 0 Å². The highest BCUT2D eigenvalue weighted by molar-refractivity contribution is 5.13. The summed E-state index contributed by atoms with van der Waals surface area (Å²) in [6, 6.07) is 2.49. The average Bonchev–Trinajstić information content (AvgIpc) is 2.10. The minimum atomic E-state index is -0.260. The smallest absolute Gasteiger partial charge is 0.109 e. The monoisotopic (exact) mass is 194 g/mol. The Morgan fingerprint density at radius 3 is 2.50 bits per heavy atom. The van der Waals surface area contributed by atoms with Gasteiger partial charge in [-0.25, -0.2) is 0 Å². The van der Waals surface area contributed by atoms with Crippen LogP contribution < -0.4 is 5.32 Å². The lowest BCUT2D eigenvalue weighted by molar-refractivity contribution is 0.111. The van der Waals surface area contributed by atoms with Gasteiger partial charge in [-0.15, -0.1) is 0 Å². The van der Waals surface area contributed by atoms with Crippen LogP contribution in [0.2, 0.25) is 0 Å². The fourth-order valence-electron chi connectivity index (χ4n) is 2.67. The Morgan fingerprint density at radius 1 is 1.43 bits per heavy atom. The summed E-state index contributed by atoms with van der Waals surface area (Å²) in [4.78, 5) is 0. The van der Waals surface area contributed by atoms with E-state index in [2.05, 4.69) is 39.1 Å². The van der Waals surface area contributed by atoms with Gasteiger partial charge in [-0.2, -0.15) is 5.26 Å². The summed E-state index contributed by atoms with van der Waals surface area (Å²) < 4.78 is 0. The maximum atomic E-state index is 9.30. The second-order valence-corrected chi connectivity index (χ2v) is 5.38. The summed E-state index contributed by atoms with van der Waals surface area (Å²) in [6.45, 7) is 9.77. The molecule has 0 aromatic carbocycles. The molecule has 0 aromatic heterocycles. The quantitative estimate of drug-likeness (QED) is 0.733. The Labute approximate surface area is 87.7 Å². The van der Waals surface area contributed by atoms with Crippen LogP contribution in [-0.4, -0.2) is 12.1 Å². The van der Waals surface area contributed by atoms with Gasteiger partial charge in [0, 0.05) is 0 Å². The zero-order valence-corrected chi connectivity index (χ0v) is 9.85. The highest BCUT2D eigenvalue weighted by atomic mass is 15.0. The summed E-state index contributed by atoms with van der Waals surface area (Å²) in [6.07, 6.45) is 3.29. The molecule has 1 saturated carbocycles. The first-order valence-corrected chi connectivity index (χ1v) is 5.62. The summed E-state index contributed by atoms with van der Waals surface area (Å²) in [5.74, 6) is 0.455. The Bertz CT molecular complexity index is 239. The van der Waals surface area contributed by atoms with Crippen molar-refractivity contribution in [3.05, 3.63) is 0 Å². The molecule has 0 aromatic rings. The molecule has 80 valence electrons. The van der Waals surface area contributed by atoms with Crippen LogP contribution in [0.4, 0.5) is 0 Å². The van der Waals surface area contributed by atoms with Crippen LogP contribution in [0.3, 0.4) is 0 Å². The highest BCUT2D eigenvalue weighted by Crippen LogP contribution is 2.43. The fourth-order valence-corrected chi connectivity index (χ4v) is 2.67. The van der Waals surface area contributed by atoms with Crippen molar-refractivity contribution in [1.29, 1.82) is 5.26 Å². The molecule has 0 spiro atoms. The molecule has 1 aliphatic rings. The van der Waals surface area contributed by atoms with E-state index in [1.165, 1.54) is 0 Å². The molecule has 2 unspecified atom stereocenters. The first kappa shape index (κ1) is 11.5. The molecule has 1 aliphatic carbocycles. The van der Waals surface area contributed by atoms with Gasteiger partial charge >= 0.3 is 0 Å². The third-order valence-corrected chi connectivity index (χ3v) is 3.59. The topological polar surface area (TPSA) is 35.8 Å². The van der Waals surface area contributed by atoms with Crippen LogP contribution in [-0.2, 0) is 0 Å². The van der Waals surface area contributed by atoms with E-state index in [0.717, 1.165) is 25.8 Å². The third-order valence-electron chi connectivity index (χ3n) is 3.59. The van der Waals surface area contributed by atoms with Gasteiger partial charge in [0.25, 0.3) is 0 Å². The molecule has 0 heterocycles. The van der Waals surface area contributed by atoms with E-state index in [9.17, 15) is 5.26 Å². The Balaban J connectivity index is 2.77. The molecule has 1 rings (SSSR count). The molecule has 0 amide bonds. The minimum Gasteiger partial charge on any atom is -0.299 e. The maximum Gasteiger partial charge on any atom is 0.109 e. The second-order valence-electron chi connectivity index (χ2n) is 5.38. The van der Waals surface area contributed by atoms with Crippen LogP contribution in [0, 0.1) is 22.7 Å². The second kappa shape index (κ2) is 3.90. The standard InChI is InChI=1S/C12H22N2/c1-5-14-12(9-13)7-6-11(3,4)8-10(12)2/h10,14H,5-8H2,1-4H3. The first-order valence-electron chi connectivity index (χ1n) is 5.62.